The molecule has 0 aliphatic rings. The molecule has 0 saturated carbocycles. The summed E-state index contributed by atoms with van der Waals surface area (Å²) in [4.78, 5) is 25.7. The number of anilines is 1. The van der Waals surface area contributed by atoms with Crippen molar-refractivity contribution in [1.82, 2.24) is 4.72 Å². The highest BCUT2D eigenvalue weighted by molar-refractivity contribution is 7.84. The molecule has 1 atom stereocenters. The SMILES string of the molecule is CNS(=O)(=O)OCC(=O)N(c1c(C)cccc1C)C(C)C(=O)OC. The zero-order valence-electron chi connectivity index (χ0n) is 14.3. The molecule has 0 aromatic heterocycles. The second-order valence-corrected chi connectivity index (χ2v) is 6.68. The third-order valence-electron chi connectivity index (χ3n) is 3.47. The molecular formula is C15H22N2O6S. The maximum atomic E-state index is 12.6. The van der Waals surface area contributed by atoms with Gasteiger partial charge in [0.25, 0.3) is 5.91 Å². The lowest BCUT2D eigenvalue weighted by Crippen LogP contribution is -2.47. The van der Waals surface area contributed by atoms with E-state index in [-0.39, 0.29) is 0 Å². The quantitative estimate of drug-likeness (QED) is 0.719. The molecule has 0 radical (unpaired) electrons. The fourth-order valence-electron chi connectivity index (χ4n) is 2.25. The normalized spacial score (nSPS) is 12.5. The van der Waals surface area contributed by atoms with Crippen LogP contribution in [0.25, 0.3) is 0 Å². The van der Waals surface area contributed by atoms with Crippen LogP contribution in [0, 0.1) is 13.8 Å². The number of amides is 1. The van der Waals surface area contributed by atoms with Gasteiger partial charge in [0.2, 0.25) is 0 Å². The smallest absolute Gasteiger partial charge is 0.336 e. The van der Waals surface area contributed by atoms with Crippen molar-refractivity contribution in [2.75, 3.05) is 25.7 Å². The first-order valence-corrected chi connectivity index (χ1v) is 8.59. The van der Waals surface area contributed by atoms with E-state index in [1.54, 1.807) is 26.0 Å². The second-order valence-electron chi connectivity index (χ2n) is 5.12. The molecule has 1 unspecified atom stereocenters. The van der Waals surface area contributed by atoms with Gasteiger partial charge in [0, 0.05) is 7.05 Å². The van der Waals surface area contributed by atoms with Crippen LogP contribution in [0.2, 0.25) is 0 Å². The zero-order valence-corrected chi connectivity index (χ0v) is 15.1. The van der Waals surface area contributed by atoms with E-state index in [0.29, 0.717) is 5.69 Å². The van der Waals surface area contributed by atoms with Crippen molar-refractivity contribution in [2.24, 2.45) is 0 Å². The third-order valence-corrected chi connectivity index (χ3v) is 4.39. The fourth-order valence-corrected chi connectivity index (χ4v) is 2.63. The molecule has 0 aliphatic carbocycles. The average Bonchev–Trinajstić information content (AvgIpc) is 2.55. The second kappa shape index (κ2) is 8.22. The van der Waals surface area contributed by atoms with E-state index < -0.39 is 34.8 Å². The highest BCUT2D eigenvalue weighted by atomic mass is 32.2. The number of carbonyl (C=O) groups is 2. The molecular weight excluding hydrogens is 336 g/mol. The summed E-state index contributed by atoms with van der Waals surface area (Å²) in [5, 5.41) is 0. The van der Waals surface area contributed by atoms with E-state index in [9.17, 15) is 18.0 Å². The first kappa shape index (κ1) is 20.1. The van der Waals surface area contributed by atoms with Gasteiger partial charge in [0.05, 0.1) is 12.8 Å². The Morgan fingerprint density at radius 2 is 1.79 bits per heavy atom. The molecule has 0 fully saturated rings. The summed E-state index contributed by atoms with van der Waals surface area (Å²) in [6, 6.07) is 4.46. The number of aryl methyl sites for hydroxylation is 2. The van der Waals surface area contributed by atoms with E-state index >= 15 is 0 Å². The molecule has 0 aliphatic heterocycles. The van der Waals surface area contributed by atoms with Crippen molar-refractivity contribution in [2.45, 2.75) is 26.8 Å². The molecule has 9 heteroatoms. The van der Waals surface area contributed by atoms with Gasteiger partial charge in [-0.25, -0.2) is 8.98 Å². The fraction of sp³-hybridized carbons (Fsp3) is 0.467. The Hall–Kier alpha value is -1.97. The predicted molar refractivity (Wildman–Crippen MR) is 88.8 cm³/mol. The lowest BCUT2D eigenvalue weighted by atomic mass is 10.1. The van der Waals surface area contributed by atoms with E-state index in [1.807, 2.05) is 10.8 Å². The summed E-state index contributed by atoms with van der Waals surface area (Å²) in [6.07, 6.45) is 0. The lowest BCUT2D eigenvalue weighted by Gasteiger charge is -2.30. The predicted octanol–water partition coefficient (Wildman–Crippen LogP) is 0.679. The molecule has 8 nitrogen and oxygen atoms in total. The van der Waals surface area contributed by atoms with Gasteiger partial charge in [-0.05, 0) is 31.9 Å². The maximum absolute atomic E-state index is 12.6. The maximum Gasteiger partial charge on any atom is 0.336 e. The Bertz CT molecular complexity index is 696. The Morgan fingerprint density at radius 3 is 2.25 bits per heavy atom. The first-order chi connectivity index (χ1) is 11.1. The van der Waals surface area contributed by atoms with Gasteiger partial charge in [-0.2, -0.15) is 13.1 Å². The average molecular weight is 358 g/mol. The van der Waals surface area contributed by atoms with Crippen molar-refractivity contribution < 1.29 is 26.9 Å². The van der Waals surface area contributed by atoms with E-state index in [4.69, 9.17) is 4.74 Å². The molecule has 1 rings (SSSR count). The first-order valence-electron chi connectivity index (χ1n) is 7.18. The van der Waals surface area contributed by atoms with E-state index in [0.717, 1.165) is 11.1 Å². The number of carbonyl (C=O) groups excluding carboxylic acids is 2. The van der Waals surface area contributed by atoms with Crippen molar-refractivity contribution in [3.63, 3.8) is 0 Å². The van der Waals surface area contributed by atoms with Gasteiger partial charge in [-0.15, -0.1) is 0 Å². The molecule has 0 spiro atoms. The largest absolute Gasteiger partial charge is 0.467 e. The van der Waals surface area contributed by atoms with Crippen LogP contribution in [0.1, 0.15) is 18.1 Å². The van der Waals surface area contributed by atoms with Crippen molar-refractivity contribution in [3.8, 4) is 0 Å². The Morgan fingerprint density at radius 1 is 1.25 bits per heavy atom. The number of hydrogen-bond donors (Lipinski definition) is 1. The molecule has 0 saturated heterocycles. The minimum Gasteiger partial charge on any atom is -0.467 e. The number of nitrogens with zero attached hydrogens (tertiary/aromatic N) is 1. The molecule has 0 heterocycles. The van der Waals surface area contributed by atoms with Crippen LogP contribution < -0.4 is 9.62 Å². The highest BCUT2D eigenvalue weighted by Gasteiger charge is 2.31. The van der Waals surface area contributed by atoms with Gasteiger partial charge in [-0.1, -0.05) is 18.2 Å². The monoisotopic (exact) mass is 358 g/mol. The van der Waals surface area contributed by atoms with Crippen LogP contribution >= 0.6 is 0 Å². The van der Waals surface area contributed by atoms with E-state index in [1.165, 1.54) is 26.0 Å². The third kappa shape index (κ3) is 4.76. The van der Waals surface area contributed by atoms with Crippen molar-refractivity contribution in [3.05, 3.63) is 29.3 Å². The molecule has 1 aromatic carbocycles. The number of benzene rings is 1. The van der Waals surface area contributed by atoms with Gasteiger partial charge < -0.3 is 4.74 Å². The van der Waals surface area contributed by atoms with Gasteiger partial charge in [0.1, 0.15) is 12.6 Å². The van der Waals surface area contributed by atoms with E-state index in [2.05, 4.69) is 4.18 Å². The summed E-state index contributed by atoms with van der Waals surface area (Å²) >= 11 is 0. The Kier molecular flexibility index (Phi) is 6.88. The number of esters is 1. The van der Waals surface area contributed by atoms with Crippen molar-refractivity contribution in [1.29, 1.82) is 0 Å². The number of para-hydroxylation sites is 1. The highest BCUT2D eigenvalue weighted by Crippen LogP contribution is 2.27. The zero-order chi connectivity index (χ0) is 18.5. The molecule has 1 amide bonds. The number of rotatable bonds is 7. The number of methoxy groups -OCH3 is 1. The Balaban J connectivity index is 3.24. The van der Waals surface area contributed by atoms with Crippen LogP contribution in [0.4, 0.5) is 5.69 Å². The van der Waals surface area contributed by atoms with Crippen LogP contribution in [0.15, 0.2) is 18.2 Å². The van der Waals surface area contributed by atoms with Crippen LogP contribution in [0.5, 0.6) is 0 Å². The lowest BCUT2D eigenvalue weighted by molar-refractivity contribution is -0.143. The summed E-state index contributed by atoms with van der Waals surface area (Å²) in [7, 11) is -1.63. The summed E-state index contributed by atoms with van der Waals surface area (Å²) in [5.74, 6) is -1.30. The van der Waals surface area contributed by atoms with Crippen LogP contribution in [-0.4, -0.2) is 47.1 Å². The standard InChI is InChI=1S/C15H22N2O6S/c1-10-7-6-8-11(2)14(10)17(12(3)15(19)22-5)13(18)9-23-24(20,21)16-4/h6-8,12,16H,9H2,1-5H3. The molecule has 134 valence electrons. The molecule has 0 bridgehead atoms. The Labute approximate surface area is 142 Å². The number of ether oxygens (including phenoxy) is 1. The molecule has 1 aromatic rings. The summed E-state index contributed by atoms with van der Waals surface area (Å²) < 4.78 is 34.0. The minimum atomic E-state index is -4.02. The van der Waals surface area contributed by atoms with Crippen LogP contribution in [-0.2, 0) is 28.8 Å². The van der Waals surface area contributed by atoms with Gasteiger partial charge in [-0.3, -0.25) is 9.69 Å². The molecule has 24 heavy (non-hydrogen) atoms. The number of hydrogen-bond acceptors (Lipinski definition) is 6. The topological polar surface area (TPSA) is 102 Å². The van der Waals surface area contributed by atoms with Gasteiger partial charge >= 0.3 is 16.3 Å². The summed E-state index contributed by atoms with van der Waals surface area (Å²) in [5.41, 5.74) is 2.04. The molecule has 1 N–H and O–H groups in total. The minimum absolute atomic E-state index is 0.519. The summed E-state index contributed by atoms with van der Waals surface area (Å²) in [6.45, 7) is 4.34. The van der Waals surface area contributed by atoms with Gasteiger partial charge in [0.15, 0.2) is 0 Å². The number of nitrogens with one attached hydrogen (secondary N) is 1. The van der Waals surface area contributed by atoms with Crippen molar-refractivity contribution >= 4 is 27.9 Å². The van der Waals surface area contributed by atoms with Crippen LogP contribution in [0.3, 0.4) is 0 Å².